The van der Waals surface area contributed by atoms with E-state index >= 15 is 0 Å². The Bertz CT molecular complexity index is 613. The zero-order valence-electron chi connectivity index (χ0n) is 10.4. The van der Waals surface area contributed by atoms with Crippen molar-refractivity contribution < 1.29 is 9.18 Å². The van der Waals surface area contributed by atoms with Crippen molar-refractivity contribution in [2.75, 3.05) is 5.32 Å². The van der Waals surface area contributed by atoms with Gasteiger partial charge in [0, 0.05) is 0 Å². The van der Waals surface area contributed by atoms with Crippen LogP contribution in [0.1, 0.15) is 11.1 Å². The topological polar surface area (TPSA) is 29.1 Å². The van der Waals surface area contributed by atoms with Crippen LogP contribution in [-0.2, 0) is 11.2 Å². The smallest absolute Gasteiger partial charge is 0.228 e. The highest BCUT2D eigenvalue weighted by molar-refractivity contribution is 6.31. The second-order valence-corrected chi connectivity index (χ2v) is 4.66. The van der Waals surface area contributed by atoms with Gasteiger partial charge in [-0.1, -0.05) is 41.9 Å². The molecule has 19 heavy (non-hydrogen) atoms. The average Bonchev–Trinajstić information content (AvgIpc) is 2.38. The summed E-state index contributed by atoms with van der Waals surface area (Å²) in [5.74, 6) is -0.877. The minimum absolute atomic E-state index is 0.00584. The lowest BCUT2D eigenvalue weighted by molar-refractivity contribution is -0.115. The molecule has 2 nitrogen and oxygen atoms in total. The van der Waals surface area contributed by atoms with Gasteiger partial charge in [-0.05, 0) is 30.2 Å². The zero-order valence-corrected chi connectivity index (χ0v) is 11.2. The molecule has 0 fully saturated rings. The van der Waals surface area contributed by atoms with Gasteiger partial charge in [-0.15, -0.1) is 0 Å². The Hall–Kier alpha value is -1.87. The zero-order chi connectivity index (χ0) is 13.8. The maximum absolute atomic E-state index is 13.6. The predicted octanol–water partition coefficient (Wildman–Crippen LogP) is 3.97. The Morgan fingerprint density at radius 2 is 1.95 bits per heavy atom. The first-order valence-electron chi connectivity index (χ1n) is 5.86. The molecule has 0 radical (unpaired) electrons. The van der Waals surface area contributed by atoms with Crippen molar-refractivity contribution >= 4 is 23.2 Å². The summed E-state index contributed by atoms with van der Waals surface area (Å²) in [4.78, 5) is 11.9. The Kier molecular flexibility index (Phi) is 4.17. The number of nitrogens with one attached hydrogen (secondary N) is 1. The number of aryl methyl sites for hydroxylation is 1. The van der Waals surface area contributed by atoms with Crippen molar-refractivity contribution in [3.63, 3.8) is 0 Å². The molecule has 0 bridgehead atoms. The van der Waals surface area contributed by atoms with Gasteiger partial charge >= 0.3 is 0 Å². The van der Waals surface area contributed by atoms with Gasteiger partial charge < -0.3 is 5.32 Å². The summed E-state index contributed by atoms with van der Waals surface area (Å²) in [7, 11) is 0. The molecular formula is C15H13ClFNO. The van der Waals surface area contributed by atoms with Crippen LogP contribution in [-0.4, -0.2) is 5.91 Å². The SMILES string of the molecule is Cc1ccccc1CC(=O)Nc1cccc(Cl)c1F. The Balaban J connectivity index is 2.10. The molecule has 0 saturated heterocycles. The molecule has 0 aliphatic heterocycles. The van der Waals surface area contributed by atoms with Gasteiger partial charge in [-0.3, -0.25) is 4.79 Å². The molecule has 2 rings (SSSR count). The van der Waals surface area contributed by atoms with Gasteiger partial charge in [0.15, 0.2) is 5.82 Å². The van der Waals surface area contributed by atoms with Gasteiger partial charge in [0.25, 0.3) is 0 Å². The summed E-state index contributed by atoms with van der Waals surface area (Å²) < 4.78 is 13.6. The Morgan fingerprint density at radius 3 is 2.68 bits per heavy atom. The number of carbonyl (C=O) groups excluding carboxylic acids is 1. The fraction of sp³-hybridized carbons (Fsp3) is 0.133. The number of halogens is 2. The van der Waals surface area contributed by atoms with Crippen molar-refractivity contribution in [1.29, 1.82) is 0 Å². The summed E-state index contributed by atoms with van der Waals surface area (Å²) in [6.45, 7) is 1.93. The summed E-state index contributed by atoms with van der Waals surface area (Å²) in [6, 6.07) is 12.1. The van der Waals surface area contributed by atoms with Crippen molar-refractivity contribution in [3.05, 3.63) is 64.4 Å². The number of benzene rings is 2. The van der Waals surface area contributed by atoms with Crippen LogP contribution in [0.5, 0.6) is 0 Å². The second kappa shape index (κ2) is 5.85. The highest BCUT2D eigenvalue weighted by atomic mass is 35.5. The van der Waals surface area contributed by atoms with Crippen LogP contribution < -0.4 is 5.32 Å². The summed E-state index contributed by atoms with van der Waals surface area (Å²) in [5.41, 5.74) is 2.05. The number of amides is 1. The molecule has 0 aliphatic carbocycles. The van der Waals surface area contributed by atoms with Crippen molar-refractivity contribution in [1.82, 2.24) is 0 Å². The monoisotopic (exact) mass is 277 g/mol. The third kappa shape index (κ3) is 3.32. The standard InChI is InChI=1S/C15H13ClFNO/c1-10-5-2-3-6-11(10)9-14(19)18-13-8-4-7-12(16)15(13)17/h2-8H,9H2,1H3,(H,18,19). The maximum atomic E-state index is 13.6. The molecular weight excluding hydrogens is 265 g/mol. The normalized spacial score (nSPS) is 10.3. The van der Waals surface area contributed by atoms with E-state index in [4.69, 9.17) is 11.6 Å². The summed E-state index contributed by atoms with van der Waals surface area (Å²) in [6.07, 6.45) is 0.207. The molecule has 1 N–H and O–H groups in total. The highest BCUT2D eigenvalue weighted by Crippen LogP contribution is 2.22. The fourth-order valence-electron chi connectivity index (χ4n) is 1.78. The lowest BCUT2D eigenvalue weighted by Crippen LogP contribution is -2.16. The summed E-state index contributed by atoms with van der Waals surface area (Å²) in [5, 5.41) is 2.52. The van der Waals surface area contributed by atoms with E-state index < -0.39 is 5.82 Å². The third-order valence-corrected chi connectivity index (χ3v) is 3.13. The van der Waals surface area contributed by atoms with Gasteiger partial charge in [0.2, 0.25) is 5.91 Å². The largest absolute Gasteiger partial charge is 0.323 e. The molecule has 0 atom stereocenters. The number of rotatable bonds is 3. The number of hydrogen-bond donors (Lipinski definition) is 1. The average molecular weight is 278 g/mol. The van der Waals surface area contributed by atoms with E-state index in [0.717, 1.165) is 11.1 Å². The quantitative estimate of drug-likeness (QED) is 0.904. The van der Waals surface area contributed by atoms with E-state index in [-0.39, 0.29) is 23.0 Å². The van der Waals surface area contributed by atoms with Crippen LogP contribution in [0.15, 0.2) is 42.5 Å². The first-order valence-corrected chi connectivity index (χ1v) is 6.24. The number of hydrogen-bond acceptors (Lipinski definition) is 1. The maximum Gasteiger partial charge on any atom is 0.228 e. The van der Waals surface area contributed by atoms with Crippen molar-refractivity contribution in [3.8, 4) is 0 Å². The predicted molar refractivity (Wildman–Crippen MR) is 74.9 cm³/mol. The molecule has 0 saturated carbocycles. The van der Waals surface area contributed by atoms with E-state index in [2.05, 4.69) is 5.32 Å². The lowest BCUT2D eigenvalue weighted by atomic mass is 10.1. The van der Waals surface area contributed by atoms with Crippen LogP contribution in [0.2, 0.25) is 5.02 Å². The third-order valence-electron chi connectivity index (χ3n) is 2.84. The molecule has 4 heteroatoms. The molecule has 1 amide bonds. The van der Waals surface area contributed by atoms with E-state index in [1.54, 1.807) is 6.07 Å². The summed E-state index contributed by atoms with van der Waals surface area (Å²) >= 11 is 5.66. The number of anilines is 1. The van der Waals surface area contributed by atoms with Gasteiger partial charge in [-0.2, -0.15) is 0 Å². The Morgan fingerprint density at radius 1 is 1.21 bits per heavy atom. The van der Waals surface area contributed by atoms with Gasteiger partial charge in [-0.25, -0.2) is 4.39 Å². The van der Waals surface area contributed by atoms with Crippen LogP contribution >= 0.6 is 11.6 Å². The molecule has 0 unspecified atom stereocenters. The molecule has 2 aromatic carbocycles. The van der Waals surface area contributed by atoms with E-state index in [1.165, 1.54) is 12.1 Å². The first kappa shape index (κ1) is 13.6. The van der Waals surface area contributed by atoms with E-state index in [1.807, 2.05) is 31.2 Å². The van der Waals surface area contributed by atoms with Crippen LogP contribution in [0.4, 0.5) is 10.1 Å². The van der Waals surface area contributed by atoms with Gasteiger partial charge in [0.05, 0.1) is 17.1 Å². The van der Waals surface area contributed by atoms with Crippen LogP contribution in [0.3, 0.4) is 0 Å². The van der Waals surface area contributed by atoms with E-state index in [9.17, 15) is 9.18 Å². The fourth-order valence-corrected chi connectivity index (χ4v) is 1.95. The molecule has 98 valence electrons. The molecule has 0 aliphatic rings. The van der Waals surface area contributed by atoms with Crippen molar-refractivity contribution in [2.45, 2.75) is 13.3 Å². The minimum atomic E-state index is -0.609. The second-order valence-electron chi connectivity index (χ2n) is 4.25. The highest BCUT2D eigenvalue weighted by Gasteiger charge is 2.10. The Labute approximate surface area is 116 Å². The van der Waals surface area contributed by atoms with Crippen LogP contribution in [0.25, 0.3) is 0 Å². The molecule has 2 aromatic rings. The van der Waals surface area contributed by atoms with Crippen LogP contribution in [0, 0.1) is 12.7 Å². The number of carbonyl (C=O) groups is 1. The molecule has 0 spiro atoms. The van der Waals surface area contributed by atoms with Gasteiger partial charge in [0.1, 0.15) is 0 Å². The minimum Gasteiger partial charge on any atom is -0.323 e. The lowest BCUT2D eigenvalue weighted by Gasteiger charge is -2.08. The first-order chi connectivity index (χ1) is 9.08. The molecule has 0 heterocycles. The van der Waals surface area contributed by atoms with E-state index in [0.29, 0.717) is 0 Å². The molecule has 0 aromatic heterocycles. The van der Waals surface area contributed by atoms with Crippen molar-refractivity contribution in [2.24, 2.45) is 0 Å².